The van der Waals surface area contributed by atoms with Gasteiger partial charge in [0.15, 0.2) is 0 Å². The van der Waals surface area contributed by atoms with Crippen molar-refractivity contribution >= 4 is 11.3 Å². The summed E-state index contributed by atoms with van der Waals surface area (Å²) in [5.41, 5.74) is 1.64. The highest BCUT2D eigenvalue weighted by Gasteiger charge is 2.20. The predicted octanol–water partition coefficient (Wildman–Crippen LogP) is 4.30. The minimum Gasteiger partial charge on any atom is -0.309 e. The topological polar surface area (TPSA) is 12.0 Å². The molecule has 0 bridgehead atoms. The number of aryl methyl sites for hydroxylation is 2. The third-order valence-electron chi connectivity index (χ3n) is 4.79. The Bertz CT molecular complexity index is 366. The van der Waals surface area contributed by atoms with Crippen LogP contribution in [0.4, 0.5) is 0 Å². The Labute approximate surface area is 115 Å². The Balaban J connectivity index is 1.46. The van der Waals surface area contributed by atoms with Crippen LogP contribution in [0, 0.1) is 5.92 Å². The van der Waals surface area contributed by atoms with Crippen LogP contribution in [0.5, 0.6) is 0 Å². The summed E-state index contributed by atoms with van der Waals surface area (Å²) in [7, 11) is 0. The van der Waals surface area contributed by atoms with Crippen LogP contribution in [-0.2, 0) is 19.4 Å². The maximum absolute atomic E-state index is 3.78. The van der Waals surface area contributed by atoms with E-state index in [-0.39, 0.29) is 0 Å². The van der Waals surface area contributed by atoms with Gasteiger partial charge in [0.1, 0.15) is 0 Å². The van der Waals surface area contributed by atoms with Crippen LogP contribution in [0.15, 0.2) is 6.07 Å². The van der Waals surface area contributed by atoms with Crippen molar-refractivity contribution in [3.63, 3.8) is 0 Å². The third kappa shape index (κ3) is 2.80. The van der Waals surface area contributed by atoms with Gasteiger partial charge < -0.3 is 5.32 Å². The fraction of sp³-hybridized carbons (Fsp3) is 0.750. The lowest BCUT2D eigenvalue weighted by Crippen LogP contribution is -2.32. The highest BCUT2D eigenvalue weighted by molar-refractivity contribution is 7.12. The molecule has 0 aliphatic heterocycles. The zero-order chi connectivity index (χ0) is 12.4. The minimum atomic E-state index is 0.782. The van der Waals surface area contributed by atoms with Crippen molar-refractivity contribution in [3.8, 4) is 0 Å². The summed E-state index contributed by atoms with van der Waals surface area (Å²) in [5, 5.41) is 3.78. The van der Waals surface area contributed by atoms with Crippen molar-refractivity contribution in [2.75, 3.05) is 0 Å². The molecular formula is C16H25NS. The Kier molecular flexibility index (Phi) is 4.05. The van der Waals surface area contributed by atoms with Crippen LogP contribution < -0.4 is 5.32 Å². The summed E-state index contributed by atoms with van der Waals surface area (Å²) in [6.07, 6.45) is 11.1. The molecule has 100 valence electrons. The second kappa shape index (κ2) is 5.75. The number of thiophene rings is 1. The van der Waals surface area contributed by atoms with Crippen molar-refractivity contribution in [2.24, 2.45) is 5.92 Å². The van der Waals surface area contributed by atoms with Gasteiger partial charge in [-0.3, -0.25) is 0 Å². The van der Waals surface area contributed by atoms with E-state index in [1.54, 1.807) is 15.3 Å². The molecule has 0 spiro atoms. The van der Waals surface area contributed by atoms with Crippen LogP contribution >= 0.6 is 11.3 Å². The van der Waals surface area contributed by atoms with Crippen LogP contribution in [0.1, 0.15) is 60.8 Å². The summed E-state index contributed by atoms with van der Waals surface area (Å²) in [6.45, 7) is 3.45. The number of fused-ring (bicyclic) bond motifs is 1. The lowest BCUT2D eigenvalue weighted by atomic mass is 9.84. The second-order valence-electron chi connectivity index (χ2n) is 6.02. The molecule has 1 aromatic heterocycles. The zero-order valence-corrected chi connectivity index (χ0v) is 12.3. The van der Waals surface area contributed by atoms with E-state index in [0.717, 1.165) is 18.5 Å². The standard InChI is InChI=1S/C16H25NS/c1-2-12-6-8-14(9-7-12)17-11-15-10-13-4-3-5-16(13)18-15/h10,12,14,17H,2-9,11H2,1H3. The van der Waals surface area contributed by atoms with E-state index in [1.165, 1.54) is 51.4 Å². The smallest absolute Gasteiger partial charge is 0.0302 e. The van der Waals surface area contributed by atoms with E-state index in [1.807, 2.05) is 0 Å². The summed E-state index contributed by atoms with van der Waals surface area (Å²) < 4.78 is 0. The van der Waals surface area contributed by atoms with Crippen molar-refractivity contribution < 1.29 is 0 Å². The van der Waals surface area contributed by atoms with Gasteiger partial charge in [0, 0.05) is 22.3 Å². The quantitative estimate of drug-likeness (QED) is 0.854. The largest absolute Gasteiger partial charge is 0.309 e. The molecule has 0 amide bonds. The summed E-state index contributed by atoms with van der Waals surface area (Å²) >= 11 is 2.05. The molecule has 1 aromatic rings. The molecule has 3 rings (SSSR count). The first-order valence-electron chi connectivity index (χ1n) is 7.69. The first-order chi connectivity index (χ1) is 8.85. The maximum atomic E-state index is 3.78. The van der Waals surface area contributed by atoms with E-state index in [2.05, 4.69) is 29.6 Å². The maximum Gasteiger partial charge on any atom is 0.0302 e. The van der Waals surface area contributed by atoms with Gasteiger partial charge in [0.25, 0.3) is 0 Å². The molecular weight excluding hydrogens is 238 g/mol. The first-order valence-corrected chi connectivity index (χ1v) is 8.50. The highest BCUT2D eigenvalue weighted by Crippen LogP contribution is 2.31. The molecule has 18 heavy (non-hydrogen) atoms. The Morgan fingerprint density at radius 3 is 2.78 bits per heavy atom. The average molecular weight is 263 g/mol. The monoisotopic (exact) mass is 263 g/mol. The van der Waals surface area contributed by atoms with Crippen LogP contribution in [0.3, 0.4) is 0 Å². The van der Waals surface area contributed by atoms with Gasteiger partial charge in [-0.2, -0.15) is 0 Å². The molecule has 1 N–H and O–H groups in total. The van der Waals surface area contributed by atoms with E-state index >= 15 is 0 Å². The van der Waals surface area contributed by atoms with E-state index in [4.69, 9.17) is 0 Å². The van der Waals surface area contributed by atoms with E-state index in [0.29, 0.717) is 0 Å². The molecule has 2 heteroatoms. The molecule has 0 radical (unpaired) electrons. The predicted molar refractivity (Wildman–Crippen MR) is 79.2 cm³/mol. The van der Waals surface area contributed by atoms with Crippen LogP contribution in [0.2, 0.25) is 0 Å². The Morgan fingerprint density at radius 2 is 2.06 bits per heavy atom. The molecule has 0 saturated heterocycles. The molecule has 2 aliphatic carbocycles. The fourth-order valence-corrected chi connectivity index (χ4v) is 4.71. The zero-order valence-electron chi connectivity index (χ0n) is 11.5. The molecule has 0 aromatic carbocycles. The summed E-state index contributed by atoms with van der Waals surface area (Å²) in [6, 6.07) is 3.24. The minimum absolute atomic E-state index is 0.782. The van der Waals surface area contributed by atoms with Gasteiger partial charge in [0.05, 0.1) is 0 Å². The molecule has 1 heterocycles. The normalized spacial score (nSPS) is 27.4. The van der Waals surface area contributed by atoms with Gasteiger partial charge >= 0.3 is 0 Å². The highest BCUT2D eigenvalue weighted by atomic mass is 32.1. The summed E-state index contributed by atoms with van der Waals surface area (Å²) in [4.78, 5) is 3.24. The van der Waals surface area contributed by atoms with E-state index in [9.17, 15) is 0 Å². The average Bonchev–Trinajstić information content (AvgIpc) is 2.97. The molecule has 0 atom stereocenters. The van der Waals surface area contributed by atoms with Crippen LogP contribution in [0.25, 0.3) is 0 Å². The fourth-order valence-electron chi connectivity index (χ4n) is 3.50. The molecule has 1 fully saturated rings. The Hall–Kier alpha value is -0.340. The van der Waals surface area contributed by atoms with Crippen molar-refractivity contribution in [1.82, 2.24) is 5.32 Å². The molecule has 0 unspecified atom stereocenters. The lowest BCUT2D eigenvalue weighted by Gasteiger charge is -2.28. The van der Waals surface area contributed by atoms with Gasteiger partial charge in [-0.25, -0.2) is 0 Å². The number of hydrogen-bond acceptors (Lipinski definition) is 2. The van der Waals surface area contributed by atoms with Gasteiger partial charge in [-0.05, 0) is 62.5 Å². The number of rotatable bonds is 4. The lowest BCUT2D eigenvalue weighted by molar-refractivity contribution is 0.285. The first kappa shape index (κ1) is 12.7. The van der Waals surface area contributed by atoms with Gasteiger partial charge in [-0.15, -0.1) is 11.3 Å². The van der Waals surface area contributed by atoms with E-state index < -0.39 is 0 Å². The van der Waals surface area contributed by atoms with Crippen molar-refractivity contribution in [3.05, 3.63) is 21.4 Å². The molecule has 1 saturated carbocycles. The van der Waals surface area contributed by atoms with Crippen molar-refractivity contribution in [1.29, 1.82) is 0 Å². The van der Waals surface area contributed by atoms with Crippen molar-refractivity contribution in [2.45, 2.75) is 70.9 Å². The van der Waals surface area contributed by atoms with Crippen LogP contribution in [-0.4, -0.2) is 6.04 Å². The van der Waals surface area contributed by atoms with Gasteiger partial charge in [-0.1, -0.05) is 13.3 Å². The molecule has 1 nitrogen and oxygen atoms in total. The Morgan fingerprint density at radius 1 is 1.22 bits per heavy atom. The second-order valence-corrected chi connectivity index (χ2v) is 7.24. The number of nitrogens with one attached hydrogen (secondary N) is 1. The SMILES string of the molecule is CCC1CCC(NCc2cc3c(s2)CCC3)CC1. The molecule has 2 aliphatic rings. The number of hydrogen-bond donors (Lipinski definition) is 1. The third-order valence-corrected chi connectivity index (χ3v) is 6.02. The van der Waals surface area contributed by atoms with Gasteiger partial charge in [0.2, 0.25) is 0 Å². The summed E-state index contributed by atoms with van der Waals surface area (Å²) in [5.74, 6) is 1.01.